The quantitative estimate of drug-likeness (QED) is 0.0646. The normalized spacial score (nSPS) is 28.2. The molecule has 326 valence electrons. The minimum atomic E-state index is -1.44. The van der Waals surface area contributed by atoms with E-state index in [2.05, 4.69) is 23.6 Å². The topological polar surface area (TPSA) is 150 Å². The van der Waals surface area contributed by atoms with Gasteiger partial charge in [0.25, 0.3) is 0 Å². The van der Waals surface area contributed by atoms with Crippen molar-refractivity contribution in [2.75, 3.05) is 66.6 Å². The molecule has 2 N–H and O–H groups in total. The Morgan fingerprint density at radius 1 is 1.03 bits per heavy atom. The van der Waals surface area contributed by atoms with Crippen molar-refractivity contribution in [3.8, 4) is 23.0 Å². The van der Waals surface area contributed by atoms with Gasteiger partial charge in [-0.05, 0) is 91.8 Å². The molecule has 8 rings (SSSR count). The van der Waals surface area contributed by atoms with E-state index in [1.807, 2.05) is 30.3 Å². The van der Waals surface area contributed by atoms with Crippen molar-refractivity contribution in [1.82, 2.24) is 9.80 Å². The Bertz CT molecular complexity index is 1860. The zero-order chi connectivity index (χ0) is 41.5. The summed E-state index contributed by atoms with van der Waals surface area (Å²) in [6.45, 7) is 8.91. The van der Waals surface area contributed by atoms with E-state index in [1.165, 1.54) is 7.11 Å². The molecule has 4 aliphatic heterocycles. The van der Waals surface area contributed by atoms with Crippen LogP contribution in [0.1, 0.15) is 81.3 Å². The van der Waals surface area contributed by atoms with Crippen molar-refractivity contribution >= 4 is 11.8 Å². The Morgan fingerprint density at radius 3 is 2.62 bits per heavy atom. The molecule has 6 aliphatic rings. The van der Waals surface area contributed by atoms with Crippen LogP contribution in [-0.4, -0.2) is 117 Å². The monoisotopic (exact) mass is 831 g/mol. The van der Waals surface area contributed by atoms with Crippen LogP contribution in [0.2, 0.25) is 0 Å². The van der Waals surface area contributed by atoms with Crippen LogP contribution in [0.25, 0.3) is 0 Å². The van der Waals surface area contributed by atoms with Gasteiger partial charge in [-0.1, -0.05) is 36.2 Å². The number of unbranched alkanes of at least 4 members (excludes halogenated alkanes) is 2. The fourth-order valence-electron chi connectivity index (χ4n) is 9.90. The van der Waals surface area contributed by atoms with Crippen molar-refractivity contribution in [2.24, 2.45) is 22.9 Å². The first-order chi connectivity index (χ1) is 29.5. The molecule has 4 heterocycles. The molecule has 7 atom stereocenters. The summed E-state index contributed by atoms with van der Waals surface area (Å²) in [5, 5.41) is 24.8. The van der Waals surface area contributed by atoms with Gasteiger partial charge in [0.1, 0.15) is 24.1 Å². The number of allylic oxidation sites excluding steroid dienone is 1. The third-order valence-electron chi connectivity index (χ3n) is 12.9. The van der Waals surface area contributed by atoms with Gasteiger partial charge in [-0.3, -0.25) is 9.80 Å². The molecule has 2 saturated heterocycles. The summed E-state index contributed by atoms with van der Waals surface area (Å²) in [6, 6.07) is 11.0. The molecule has 2 aromatic rings. The fraction of sp³-hybridized carbons (Fsp3) is 0.609. The van der Waals surface area contributed by atoms with Crippen LogP contribution in [0.5, 0.6) is 23.0 Å². The number of hydrogen-bond acceptors (Lipinski definition) is 13. The lowest BCUT2D eigenvalue weighted by Crippen LogP contribution is -2.70. The third kappa shape index (κ3) is 9.13. The van der Waals surface area contributed by atoms with Gasteiger partial charge in [-0.15, -0.1) is 6.58 Å². The predicted molar refractivity (Wildman–Crippen MR) is 222 cm³/mol. The second-order valence-corrected chi connectivity index (χ2v) is 16.6. The first-order valence-corrected chi connectivity index (χ1v) is 21.9. The second-order valence-electron chi connectivity index (χ2n) is 16.6. The van der Waals surface area contributed by atoms with Crippen LogP contribution >= 0.6 is 0 Å². The SMILES string of the molecule is C=CCOC12Oc3ccc(OCCN4CC4)cc3C3C(CCCCO)C(CCCCO)C=C(C(=NOC4CCCCO4)CC1N(Cc1ccc4c(c1)OCO4)C(=O)OC)C32. The number of carbonyl (C=O) groups excluding carboxylic acids is 1. The van der Waals surface area contributed by atoms with E-state index in [4.69, 9.17) is 43.2 Å². The van der Waals surface area contributed by atoms with Crippen molar-refractivity contribution in [3.05, 3.63) is 71.8 Å². The van der Waals surface area contributed by atoms with Gasteiger partial charge < -0.3 is 48.2 Å². The number of aliphatic hydroxyl groups excluding tert-OH is 2. The Balaban J connectivity index is 1.30. The largest absolute Gasteiger partial charge is 0.492 e. The van der Waals surface area contributed by atoms with E-state index < -0.39 is 30.1 Å². The number of nitrogens with zero attached hydrogens (tertiary/aromatic N) is 3. The Hall–Kier alpha value is -4.34. The summed E-state index contributed by atoms with van der Waals surface area (Å²) in [4.78, 5) is 24.6. The molecule has 7 unspecified atom stereocenters. The summed E-state index contributed by atoms with van der Waals surface area (Å²) in [5.74, 6) is 0.755. The molecule has 2 aromatic carbocycles. The standard InChI is InChI=1S/C46H61N3O11/c1-3-22-58-46-41(49(45(52)53-2)29-31-13-15-39-40(25-31)57-30-56-39)28-37(47-60-42-12-6-9-23-55-42)35-26-32(10-4-7-20-50)34(11-5-8-21-51)43(44(35)46)36-27-33(14-16-38(36)59-46)54-24-19-48-17-18-48/h3,13-16,25-27,32,34,41-44,50-51H,1,4-12,17-24,28-30H2,2H3. The van der Waals surface area contributed by atoms with Crippen molar-refractivity contribution < 1.29 is 53.0 Å². The van der Waals surface area contributed by atoms with Crippen LogP contribution in [0.4, 0.5) is 4.79 Å². The molecule has 3 fully saturated rings. The third-order valence-corrected chi connectivity index (χ3v) is 12.9. The molecule has 2 aliphatic carbocycles. The van der Waals surface area contributed by atoms with Crippen molar-refractivity contribution in [3.63, 3.8) is 0 Å². The van der Waals surface area contributed by atoms with Gasteiger partial charge in [0.15, 0.2) is 11.5 Å². The molecule has 14 nitrogen and oxygen atoms in total. The maximum atomic E-state index is 14.3. The Morgan fingerprint density at radius 2 is 1.85 bits per heavy atom. The van der Waals surface area contributed by atoms with Gasteiger partial charge in [0, 0.05) is 63.7 Å². The highest BCUT2D eigenvalue weighted by molar-refractivity contribution is 6.03. The molecule has 60 heavy (non-hydrogen) atoms. The zero-order valence-electron chi connectivity index (χ0n) is 34.8. The highest BCUT2D eigenvalue weighted by atomic mass is 16.8. The van der Waals surface area contributed by atoms with Gasteiger partial charge in [0.2, 0.25) is 18.9 Å². The summed E-state index contributed by atoms with van der Waals surface area (Å²) in [7, 11) is 1.38. The first-order valence-electron chi connectivity index (χ1n) is 21.9. The average molecular weight is 832 g/mol. The smallest absolute Gasteiger partial charge is 0.410 e. The van der Waals surface area contributed by atoms with E-state index in [-0.39, 0.29) is 57.3 Å². The number of amides is 1. The number of hydrogen-bond donors (Lipinski definition) is 2. The second kappa shape index (κ2) is 19.6. The molecule has 1 amide bonds. The van der Waals surface area contributed by atoms with Crippen molar-refractivity contribution in [2.45, 2.75) is 94.8 Å². The van der Waals surface area contributed by atoms with Crippen molar-refractivity contribution in [1.29, 1.82) is 0 Å². The lowest BCUT2D eigenvalue weighted by atomic mass is 9.55. The molecule has 14 heteroatoms. The number of ether oxygens (including phenoxy) is 7. The van der Waals surface area contributed by atoms with Crippen LogP contribution < -0.4 is 18.9 Å². The van der Waals surface area contributed by atoms with Gasteiger partial charge in [-0.25, -0.2) is 4.79 Å². The number of methoxy groups -OCH3 is 1. The number of benzene rings is 2. The van der Waals surface area contributed by atoms with Gasteiger partial charge in [-0.2, -0.15) is 0 Å². The van der Waals surface area contributed by atoms with Crippen LogP contribution in [-0.2, 0) is 25.6 Å². The number of oxime groups is 1. The summed E-state index contributed by atoms with van der Waals surface area (Å²) in [6.07, 6.45) is 10.6. The van der Waals surface area contributed by atoms with E-state index in [0.29, 0.717) is 49.0 Å². The first kappa shape index (κ1) is 42.4. The number of aliphatic hydroxyl groups is 2. The van der Waals surface area contributed by atoms with E-state index in [1.54, 1.807) is 11.0 Å². The molecule has 0 bridgehead atoms. The molecule has 0 aromatic heterocycles. The fourth-order valence-corrected chi connectivity index (χ4v) is 9.90. The summed E-state index contributed by atoms with van der Waals surface area (Å²) in [5.41, 5.74) is 3.46. The Labute approximate surface area is 353 Å². The maximum absolute atomic E-state index is 14.3. The predicted octanol–water partition coefficient (Wildman–Crippen LogP) is 6.54. The van der Waals surface area contributed by atoms with Crippen LogP contribution in [0.3, 0.4) is 0 Å². The average Bonchev–Trinajstić information content (AvgIpc) is 3.98. The van der Waals surface area contributed by atoms with Crippen LogP contribution in [0, 0.1) is 17.8 Å². The minimum Gasteiger partial charge on any atom is -0.492 e. The molecule has 0 spiro atoms. The van der Waals surface area contributed by atoms with Gasteiger partial charge in [0.05, 0.1) is 32.0 Å². The number of carbonyl (C=O) groups is 1. The molecule has 1 saturated carbocycles. The van der Waals surface area contributed by atoms with E-state index in [0.717, 1.165) is 87.0 Å². The number of rotatable bonds is 20. The highest BCUT2D eigenvalue weighted by Gasteiger charge is 2.65. The lowest BCUT2D eigenvalue weighted by Gasteiger charge is -2.59. The van der Waals surface area contributed by atoms with E-state index in [9.17, 15) is 15.0 Å². The van der Waals surface area contributed by atoms with E-state index >= 15 is 0 Å². The van der Waals surface area contributed by atoms with Crippen LogP contribution in [0.15, 0.2) is 65.9 Å². The minimum absolute atomic E-state index is 0.0780. The summed E-state index contributed by atoms with van der Waals surface area (Å²) >= 11 is 0. The number of fused-ring (bicyclic) bond motifs is 3. The maximum Gasteiger partial charge on any atom is 0.410 e. The van der Waals surface area contributed by atoms with Gasteiger partial charge >= 0.3 is 6.09 Å². The lowest BCUT2D eigenvalue weighted by molar-refractivity contribution is -0.256. The highest BCUT2D eigenvalue weighted by Crippen LogP contribution is 2.62. The summed E-state index contributed by atoms with van der Waals surface area (Å²) < 4.78 is 43.8. The molecule has 0 radical (unpaired) electrons. The zero-order valence-corrected chi connectivity index (χ0v) is 34.8. The molecular formula is C46H61N3O11. The molecular weight excluding hydrogens is 771 g/mol. The Kier molecular flexibility index (Phi) is 13.8.